The highest BCUT2D eigenvalue weighted by Crippen LogP contribution is 2.43. The van der Waals surface area contributed by atoms with Gasteiger partial charge in [-0.2, -0.15) is 0 Å². The molecular formula is C39H25NOS. The molecular weight excluding hydrogens is 531 g/mol. The summed E-state index contributed by atoms with van der Waals surface area (Å²) in [6.45, 7) is 0. The Labute approximate surface area is 246 Å². The number of rotatable bonds is 3. The number of fused-ring (bicyclic) bond motifs is 9. The summed E-state index contributed by atoms with van der Waals surface area (Å²) in [5.41, 5.74) is 4.86. The summed E-state index contributed by atoms with van der Waals surface area (Å²) < 4.78 is 8.81. The van der Waals surface area contributed by atoms with E-state index in [4.69, 9.17) is 4.42 Å². The number of benzene rings is 6. The van der Waals surface area contributed by atoms with Gasteiger partial charge in [0.2, 0.25) is 0 Å². The molecule has 0 spiro atoms. The van der Waals surface area contributed by atoms with E-state index < -0.39 is 0 Å². The van der Waals surface area contributed by atoms with Crippen molar-refractivity contribution in [2.45, 2.75) is 0 Å². The second-order valence-electron chi connectivity index (χ2n) is 11.0. The van der Waals surface area contributed by atoms with E-state index in [-0.39, 0.29) is 0 Å². The van der Waals surface area contributed by atoms with Gasteiger partial charge < -0.3 is 8.98 Å². The van der Waals surface area contributed by atoms with Crippen molar-refractivity contribution in [3.05, 3.63) is 133 Å². The van der Waals surface area contributed by atoms with E-state index in [9.17, 15) is 0 Å². The average Bonchev–Trinajstić information content (AvgIpc) is 3.80. The smallest absolute Gasteiger partial charge is 0.144 e. The van der Waals surface area contributed by atoms with Crippen LogP contribution >= 0.6 is 11.3 Å². The summed E-state index contributed by atoms with van der Waals surface area (Å²) in [5, 5.41) is 10.2. The molecule has 198 valence electrons. The summed E-state index contributed by atoms with van der Waals surface area (Å²) in [6, 6.07) is 48.0. The van der Waals surface area contributed by atoms with Crippen molar-refractivity contribution < 1.29 is 4.42 Å². The van der Waals surface area contributed by atoms with Gasteiger partial charge in [-0.3, -0.25) is 0 Å². The standard InChI is InChI=1S/C39H25NOS/c1-40-33-15-7-6-13-30(33)39-31(14-8-16-34(39)40)37-21-22-38(42-37)36-20-19-35(41-36)24-17-18-29-27-11-3-2-9-25(27)26-10-4-5-12-28(26)32(29)23-24/h2-23H,1H3. The van der Waals surface area contributed by atoms with E-state index >= 15 is 0 Å². The third-order valence-corrected chi connectivity index (χ3v) is 9.82. The fourth-order valence-electron chi connectivity index (χ4n) is 6.72. The van der Waals surface area contributed by atoms with E-state index in [0.29, 0.717) is 0 Å². The van der Waals surface area contributed by atoms with Gasteiger partial charge in [-0.25, -0.2) is 0 Å². The Bertz CT molecular complexity index is 2450. The molecule has 3 aromatic heterocycles. The van der Waals surface area contributed by atoms with Crippen molar-refractivity contribution in [3.8, 4) is 32.4 Å². The molecule has 2 nitrogen and oxygen atoms in total. The molecule has 3 heterocycles. The number of nitrogens with zero attached hydrogens (tertiary/aromatic N) is 1. The predicted octanol–water partition coefficient (Wildman–Crippen LogP) is 11.4. The molecule has 0 fully saturated rings. The molecule has 0 unspecified atom stereocenters. The van der Waals surface area contributed by atoms with Crippen LogP contribution in [0.5, 0.6) is 0 Å². The van der Waals surface area contributed by atoms with Gasteiger partial charge in [0.15, 0.2) is 0 Å². The Morgan fingerprint density at radius 2 is 1.07 bits per heavy atom. The Hall–Kier alpha value is -5.12. The van der Waals surface area contributed by atoms with Crippen molar-refractivity contribution in [2.75, 3.05) is 0 Å². The van der Waals surface area contributed by atoms with Crippen molar-refractivity contribution in [3.63, 3.8) is 0 Å². The van der Waals surface area contributed by atoms with Crippen LogP contribution in [0.4, 0.5) is 0 Å². The van der Waals surface area contributed by atoms with Gasteiger partial charge in [0, 0.05) is 44.9 Å². The highest BCUT2D eigenvalue weighted by Gasteiger charge is 2.16. The second kappa shape index (κ2) is 8.94. The first-order valence-electron chi connectivity index (χ1n) is 14.2. The van der Waals surface area contributed by atoms with Gasteiger partial charge in [-0.05, 0) is 74.8 Å². The quantitative estimate of drug-likeness (QED) is 0.198. The molecule has 42 heavy (non-hydrogen) atoms. The summed E-state index contributed by atoms with van der Waals surface area (Å²) in [6.07, 6.45) is 0. The predicted molar refractivity (Wildman–Crippen MR) is 179 cm³/mol. The first-order chi connectivity index (χ1) is 20.7. The van der Waals surface area contributed by atoms with Gasteiger partial charge in [0.05, 0.1) is 4.88 Å². The molecule has 0 aliphatic heterocycles. The zero-order chi connectivity index (χ0) is 27.8. The molecule has 0 aliphatic carbocycles. The number of aryl methyl sites for hydroxylation is 1. The molecule has 0 aliphatic rings. The van der Waals surface area contributed by atoms with E-state index in [2.05, 4.69) is 145 Å². The van der Waals surface area contributed by atoms with E-state index in [1.54, 1.807) is 11.3 Å². The van der Waals surface area contributed by atoms with Crippen LogP contribution in [0.25, 0.3) is 86.5 Å². The minimum absolute atomic E-state index is 0.884. The molecule has 0 saturated heterocycles. The monoisotopic (exact) mass is 555 g/mol. The Balaban J connectivity index is 1.14. The van der Waals surface area contributed by atoms with Gasteiger partial charge in [-0.1, -0.05) is 91.0 Å². The van der Waals surface area contributed by atoms with Crippen LogP contribution in [0.1, 0.15) is 0 Å². The molecule has 6 aromatic carbocycles. The maximum absolute atomic E-state index is 6.52. The lowest BCUT2D eigenvalue weighted by Gasteiger charge is -2.11. The lowest BCUT2D eigenvalue weighted by Crippen LogP contribution is -1.85. The first kappa shape index (κ1) is 23.6. The molecule has 0 saturated carbocycles. The normalized spacial score (nSPS) is 11.9. The maximum atomic E-state index is 6.52. The highest BCUT2D eigenvalue weighted by molar-refractivity contribution is 7.18. The number of aromatic nitrogens is 1. The summed E-state index contributed by atoms with van der Waals surface area (Å²) in [4.78, 5) is 2.37. The number of para-hydroxylation sites is 1. The summed E-state index contributed by atoms with van der Waals surface area (Å²) >= 11 is 1.78. The molecule has 3 heteroatoms. The molecule has 0 atom stereocenters. The fourth-order valence-corrected chi connectivity index (χ4v) is 7.72. The average molecular weight is 556 g/mol. The van der Waals surface area contributed by atoms with Gasteiger partial charge in [0.1, 0.15) is 11.5 Å². The van der Waals surface area contributed by atoms with Crippen LogP contribution in [0.3, 0.4) is 0 Å². The van der Waals surface area contributed by atoms with E-state index in [1.807, 2.05) is 0 Å². The van der Waals surface area contributed by atoms with E-state index in [1.165, 1.54) is 64.6 Å². The maximum Gasteiger partial charge on any atom is 0.144 e. The number of hydrogen-bond donors (Lipinski definition) is 0. The molecule has 0 N–H and O–H groups in total. The molecule has 0 radical (unpaired) electrons. The number of hydrogen-bond acceptors (Lipinski definition) is 2. The Kier molecular flexibility index (Phi) is 5.02. The molecule has 9 aromatic rings. The van der Waals surface area contributed by atoms with Crippen molar-refractivity contribution >= 4 is 65.5 Å². The Morgan fingerprint density at radius 3 is 1.83 bits per heavy atom. The van der Waals surface area contributed by atoms with Crippen LogP contribution in [-0.2, 0) is 7.05 Å². The minimum Gasteiger partial charge on any atom is -0.455 e. The third-order valence-electron chi connectivity index (χ3n) is 8.69. The third kappa shape index (κ3) is 3.38. The zero-order valence-electron chi connectivity index (χ0n) is 23.0. The zero-order valence-corrected chi connectivity index (χ0v) is 23.8. The SMILES string of the molecule is Cn1c2ccccc2c2c(-c3ccc(-c4ccc(-c5ccc6c7ccccc7c7ccccc7c6c5)o4)s3)cccc21. The lowest BCUT2D eigenvalue weighted by molar-refractivity contribution is 0.599. The van der Waals surface area contributed by atoms with Gasteiger partial charge in [0.25, 0.3) is 0 Å². The lowest BCUT2D eigenvalue weighted by atomic mass is 9.93. The summed E-state index contributed by atoms with van der Waals surface area (Å²) in [7, 11) is 2.15. The topological polar surface area (TPSA) is 18.1 Å². The molecule has 9 rings (SSSR count). The number of furan rings is 1. The van der Waals surface area contributed by atoms with E-state index in [0.717, 1.165) is 22.0 Å². The first-order valence-corrected chi connectivity index (χ1v) is 15.1. The van der Waals surface area contributed by atoms with Gasteiger partial charge >= 0.3 is 0 Å². The van der Waals surface area contributed by atoms with Crippen molar-refractivity contribution in [1.82, 2.24) is 4.57 Å². The van der Waals surface area contributed by atoms with Crippen LogP contribution in [0, 0.1) is 0 Å². The Morgan fingerprint density at radius 1 is 0.476 bits per heavy atom. The van der Waals surface area contributed by atoms with Crippen LogP contribution in [0.2, 0.25) is 0 Å². The highest BCUT2D eigenvalue weighted by atomic mass is 32.1. The number of thiophene rings is 1. The summed E-state index contributed by atoms with van der Waals surface area (Å²) in [5.74, 6) is 1.78. The fraction of sp³-hybridized carbons (Fsp3) is 0.0256. The van der Waals surface area contributed by atoms with Gasteiger partial charge in [-0.15, -0.1) is 11.3 Å². The van der Waals surface area contributed by atoms with Crippen LogP contribution in [0.15, 0.2) is 138 Å². The molecule has 0 amide bonds. The van der Waals surface area contributed by atoms with Crippen LogP contribution < -0.4 is 0 Å². The molecule has 0 bridgehead atoms. The largest absolute Gasteiger partial charge is 0.455 e. The van der Waals surface area contributed by atoms with Crippen molar-refractivity contribution in [1.29, 1.82) is 0 Å². The van der Waals surface area contributed by atoms with Crippen molar-refractivity contribution in [2.24, 2.45) is 7.05 Å². The van der Waals surface area contributed by atoms with Crippen LogP contribution in [-0.4, -0.2) is 4.57 Å². The minimum atomic E-state index is 0.884. The second-order valence-corrected chi connectivity index (χ2v) is 12.0.